The number of hydrogen-bond donors (Lipinski definition) is 1. The zero-order valence-corrected chi connectivity index (χ0v) is 12.1. The van der Waals surface area contributed by atoms with Gasteiger partial charge in [-0.05, 0) is 32.5 Å². The predicted octanol–water partition coefficient (Wildman–Crippen LogP) is 3.72. The Morgan fingerprint density at radius 1 is 1.29 bits per heavy atom. The topological polar surface area (TPSA) is 29.3 Å². The van der Waals surface area contributed by atoms with E-state index in [2.05, 4.69) is 25.8 Å². The van der Waals surface area contributed by atoms with Crippen molar-refractivity contribution in [1.29, 1.82) is 0 Å². The molecule has 0 aliphatic heterocycles. The van der Waals surface area contributed by atoms with E-state index in [4.69, 9.17) is 28.9 Å². The molecular formula is C13H20Cl2N2. The molecule has 0 saturated heterocycles. The van der Waals surface area contributed by atoms with Gasteiger partial charge in [-0.3, -0.25) is 4.90 Å². The Kier molecular flexibility index (Phi) is 5.74. The maximum Gasteiger partial charge on any atom is 0.0499 e. The summed E-state index contributed by atoms with van der Waals surface area (Å²) in [5, 5.41) is 1.37. The summed E-state index contributed by atoms with van der Waals surface area (Å²) in [5.41, 5.74) is 6.81. The number of rotatable bonds is 5. The molecule has 0 fully saturated rings. The molecule has 2 nitrogen and oxygen atoms in total. The van der Waals surface area contributed by atoms with Crippen LogP contribution < -0.4 is 5.73 Å². The molecule has 0 aromatic heterocycles. The van der Waals surface area contributed by atoms with Crippen molar-refractivity contribution in [1.82, 2.24) is 4.90 Å². The van der Waals surface area contributed by atoms with Crippen molar-refractivity contribution in [2.75, 3.05) is 13.6 Å². The summed E-state index contributed by atoms with van der Waals surface area (Å²) >= 11 is 12.5. The molecule has 2 N–H and O–H groups in total. The molecule has 0 bridgehead atoms. The third-order valence-corrected chi connectivity index (χ3v) is 3.99. The third-order valence-electron chi connectivity index (χ3n) is 3.33. The Morgan fingerprint density at radius 2 is 1.82 bits per heavy atom. The van der Waals surface area contributed by atoms with Gasteiger partial charge in [-0.15, -0.1) is 0 Å². The van der Waals surface area contributed by atoms with E-state index in [0.717, 1.165) is 12.0 Å². The van der Waals surface area contributed by atoms with Crippen molar-refractivity contribution in [3.8, 4) is 0 Å². The minimum atomic E-state index is 0.0612. The molecule has 1 rings (SSSR count). The van der Waals surface area contributed by atoms with Gasteiger partial charge in [0.15, 0.2) is 0 Å². The second-order valence-corrected chi connectivity index (χ2v) is 5.12. The fourth-order valence-corrected chi connectivity index (χ4v) is 2.56. The van der Waals surface area contributed by atoms with Crippen molar-refractivity contribution < 1.29 is 0 Å². The van der Waals surface area contributed by atoms with Crippen LogP contribution in [0.25, 0.3) is 0 Å². The van der Waals surface area contributed by atoms with Crippen LogP contribution in [-0.2, 0) is 0 Å². The van der Waals surface area contributed by atoms with Crippen LogP contribution in [-0.4, -0.2) is 24.5 Å². The lowest BCUT2D eigenvalue weighted by atomic mass is 10.0. The van der Waals surface area contributed by atoms with E-state index in [0.29, 0.717) is 22.6 Å². The molecule has 1 aromatic carbocycles. The maximum absolute atomic E-state index is 6.23. The van der Waals surface area contributed by atoms with Crippen LogP contribution in [0, 0.1) is 0 Å². The molecule has 0 spiro atoms. The largest absolute Gasteiger partial charge is 0.329 e. The van der Waals surface area contributed by atoms with Gasteiger partial charge < -0.3 is 5.73 Å². The van der Waals surface area contributed by atoms with Gasteiger partial charge in [0.25, 0.3) is 0 Å². The van der Waals surface area contributed by atoms with Crippen LogP contribution in [0.4, 0.5) is 0 Å². The molecule has 0 saturated carbocycles. The lowest BCUT2D eigenvalue weighted by molar-refractivity contribution is 0.185. The fraction of sp³-hybridized carbons (Fsp3) is 0.538. The Morgan fingerprint density at radius 3 is 2.24 bits per heavy atom. The minimum Gasteiger partial charge on any atom is -0.329 e. The predicted molar refractivity (Wildman–Crippen MR) is 75.8 cm³/mol. The van der Waals surface area contributed by atoms with Gasteiger partial charge in [0.05, 0.1) is 0 Å². The molecule has 0 aliphatic rings. The zero-order chi connectivity index (χ0) is 13.0. The van der Waals surface area contributed by atoms with Crippen molar-refractivity contribution >= 4 is 23.2 Å². The number of benzene rings is 1. The molecule has 0 radical (unpaired) electrons. The molecule has 0 heterocycles. The van der Waals surface area contributed by atoms with Gasteiger partial charge in [-0.1, -0.05) is 36.2 Å². The van der Waals surface area contributed by atoms with Crippen LogP contribution in [0.3, 0.4) is 0 Å². The van der Waals surface area contributed by atoms with E-state index >= 15 is 0 Å². The van der Waals surface area contributed by atoms with Crippen molar-refractivity contribution in [3.63, 3.8) is 0 Å². The molecule has 0 aliphatic carbocycles. The van der Waals surface area contributed by atoms with E-state index in [-0.39, 0.29) is 6.04 Å². The van der Waals surface area contributed by atoms with Gasteiger partial charge in [0.1, 0.15) is 0 Å². The second-order valence-electron chi connectivity index (χ2n) is 4.31. The quantitative estimate of drug-likeness (QED) is 0.887. The Labute approximate surface area is 114 Å². The van der Waals surface area contributed by atoms with E-state index in [1.54, 1.807) is 0 Å². The lowest BCUT2D eigenvalue weighted by Crippen LogP contribution is -2.37. The van der Waals surface area contributed by atoms with Crippen LogP contribution >= 0.6 is 23.2 Å². The van der Waals surface area contributed by atoms with Crippen molar-refractivity contribution in [3.05, 3.63) is 33.8 Å². The molecule has 1 aromatic rings. The molecule has 96 valence electrons. The van der Waals surface area contributed by atoms with Gasteiger partial charge >= 0.3 is 0 Å². The average molecular weight is 275 g/mol. The third kappa shape index (κ3) is 3.35. The minimum absolute atomic E-state index is 0.0612. The number of likely N-dealkylation sites (N-methyl/N-ethyl adjacent to an activating group) is 1. The fourth-order valence-electron chi connectivity index (χ4n) is 1.91. The Hall–Kier alpha value is -0.280. The van der Waals surface area contributed by atoms with Crippen LogP contribution in [0.2, 0.25) is 10.0 Å². The smallest absolute Gasteiger partial charge is 0.0499 e. The number of nitrogens with zero attached hydrogens (tertiary/aromatic N) is 1. The van der Waals surface area contributed by atoms with E-state index in [1.807, 2.05) is 18.2 Å². The van der Waals surface area contributed by atoms with E-state index in [9.17, 15) is 0 Å². The second kappa shape index (κ2) is 6.60. The zero-order valence-electron chi connectivity index (χ0n) is 10.6. The highest BCUT2D eigenvalue weighted by atomic mass is 35.5. The summed E-state index contributed by atoms with van der Waals surface area (Å²) in [6.45, 7) is 4.83. The first-order valence-electron chi connectivity index (χ1n) is 5.88. The normalized spacial score (nSPS) is 15.0. The van der Waals surface area contributed by atoms with Gasteiger partial charge in [0.2, 0.25) is 0 Å². The molecule has 2 atom stereocenters. The van der Waals surface area contributed by atoms with Gasteiger partial charge in [0, 0.05) is 34.2 Å². The molecule has 4 heteroatoms. The standard InChI is InChI=1S/C13H20Cl2N2/c1-4-9(2)17(3)12(8-16)13-10(14)6-5-7-11(13)15/h5-7,9,12H,4,8,16H2,1-3H3. The lowest BCUT2D eigenvalue weighted by Gasteiger charge is -2.33. The first-order valence-corrected chi connectivity index (χ1v) is 6.64. The monoisotopic (exact) mass is 274 g/mol. The SMILES string of the molecule is CCC(C)N(C)C(CN)c1c(Cl)cccc1Cl. The molecule has 17 heavy (non-hydrogen) atoms. The van der Waals surface area contributed by atoms with Crippen LogP contribution in [0.15, 0.2) is 18.2 Å². The first-order chi connectivity index (χ1) is 8.02. The van der Waals surface area contributed by atoms with Crippen molar-refractivity contribution in [2.45, 2.75) is 32.4 Å². The number of hydrogen-bond acceptors (Lipinski definition) is 2. The summed E-state index contributed by atoms with van der Waals surface area (Å²) in [6, 6.07) is 6.07. The number of nitrogens with two attached hydrogens (primary N) is 1. The summed E-state index contributed by atoms with van der Waals surface area (Å²) in [7, 11) is 2.06. The van der Waals surface area contributed by atoms with E-state index in [1.165, 1.54) is 0 Å². The summed E-state index contributed by atoms with van der Waals surface area (Å²) < 4.78 is 0. The molecule has 2 unspecified atom stereocenters. The van der Waals surface area contributed by atoms with Crippen molar-refractivity contribution in [2.24, 2.45) is 5.73 Å². The van der Waals surface area contributed by atoms with Crippen LogP contribution in [0.5, 0.6) is 0 Å². The van der Waals surface area contributed by atoms with Gasteiger partial charge in [-0.2, -0.15) is 0 Å². The highest BCUT2D eigenvalue weighted by Crippen LogP contribution is 2.33. The summed E-state index contributed by atoms with van der Waals surface area (Å²) in [4.78, 5) is 2.23. The summed E-state index contributed by atoms with van der Waals surface area (Å²) in [5.74, 6) is 0. The molecule has 0 amide bonds. The highest BCUT2D eigenvalue weighted by molar-refractivity contribution is 6.36. The number of halogens is 2. The summed E-state index contributed by atoms with van der Waals surface area (Å²) in [6.07, 6.45) is 1.06. The molecular weight excluding hydrogens is 255 g/mol. The maximum atomic E-state index is 6.23. The highest BCUT2D eigenvalue weighted by Gasteiger charge is 2.23. The Balaban J connectivity index is 3.09. The van der Waals surface area contributed by atoms with Crippen LogP contribution in [0.1, 0.15) is 31.9 Å². The Bertz CT molecular complexity index is 348. The van der Waals surface area contributed by atoms with Gasteiger partial charge in [-0.25, -0.2) is 0 Å². The first kappa shape index (κ1) is 14.8. The average Bonchev–Trinajstić information content (AvgIpc) is 2.32. The van der Waals surface area contributed by atoms with E-state index < -0.39 is 0 Å².